The first-order valence-electron chi connectivity index (χ1n) is 14.2. The molecule has 0 fully saturated rings. The zero-order chi connectivity index (χ0) is 30.3. The number of methoxy groups -OCH3 is 2. The number of ether oxygens (including phenoxy) is 2. The number of rotatable bonds is 6. The van der Waals surface area contributed by atoms with Gasteiger partial charge in [0.15, 0.2) is 11.5 Å². The number of carbonyl (C=O) groups is 2. The van der Waals surface area contributed by atoms with Gasteiger partial charge in [0.2, 0.25) is 5.91 Å². The van der Waals surface area contributed by atoms with Gasteiger partial charge in [0.25, 0.3) is 5.91 Å². The molecule has 4 aromatic carbocycles. The summed E-state index contributed by atoms with van der Waals surface area (Å²) < 4.78 is 11.1. The van der Waals surface area contributed by atoms with Gasteiger partial charge in [0, 0.05) is 41.3 Å². The monoisotopic (exact) mass is 570 g/mol. The van der Waals surface area contributed by atoms with Gasteiger partial charge >= 0.3 is 0 Å². The summed E-state index contributed by atoms with van der Waals surface area (Å²) in [6, 6.07) is 30.7. The van der Waals surface area contributed by atoms with E-state index >= 15 is 0 Å². The van der Waals surface area contributed by atoms with E-state index in [1.54, 1.807) is 38.5 Å². The topological polar surface area (TPSA) is 81.9 Å². The lowest BCUT2D eigenvalue weighted by molar-refractivity contribution is 0.0757. The van der Waals surface area contributed by atoms with E-state index < -0.39 is 5.91 Å². The molecule has 2 N–H and O–H groups in total. The number of carbonyl (C=O) groups excluding carboxylic acids is 2. The molecule has 1 aliphatic heterocycles. The second kappa shape index (κ2) is 13.1. The van der Waals surface area contributed by atoms with Crippen LogP contribution in [-0.2, 0) is 0 Å². The van der Waals surface area contributed by atoms with E-state index in [-0.39, 0.29) is 11.8 Å². The Labute approximate surface area is 252 Å². The number of nitrogens with zero attached hydrogens (tertiary/aromatic N) is 1. The van der Waals surface area contributed by atoms with Crippen molar-refractivity contribution in [2.24, 2.45) is 5.73 Å². The quantitative estimate of drug-likeness (QED) is 0.276. The van der Waals surface area contributed by atoms with Gasteiger partial charge in [-0.25, -0.2) is 0 Å². The standard InChI is InChI=1S/C37H34N2O4/c1-25-20-21-39(37(41)31-11-7-10-30(22-31)36(38)40)24-32(35(25)29-18-19-33(42-2)34(23-29)43-3)28-16-14-27(15-17-28)13-12-26-8-5-4-6-9-26/h4-11,14-19,22-23,32H,20-21,24H2,1-3H3,(H2,38,40). The van der Waals surface area contributed by atoms with E-state index in [4.69, 9.17) is 15.2 Å². The Morgan fingerprint density at radius 3 is 2.14 bits per heavy atom. The Morgan fingerprint density at radius 1 is 0.791 bits per heavy atom. The van der Waals surface area contributed by atoms with Crippen molar-refractivity contribution in [2.75, 3.05) is 27.3 Å². The number of benzene rings is 4. The Morgan fingerprint density at radius 2 is 1.47 bits per heavy atom. The third kappa shape index (κ3) is 6.63. The van der Waals surface area contributed by atoms with Crippen LogP contribution in [0.25, 0.3) is 5.57 Å². The molecule has 0 aromatic heterocycles. The highest BCUT2D eigenvalue weighted by Crippen LogP contribution is 2.41. The predicted octanol–water partition coefficient (Wildman–Crippen LogP) is 6.31. The van der Waals surface area contributed by atoms with Crippen molar-refractivity contribution >= 4 is 17.4 Å². The smallest absolute Gasteiger partial charge is 0.253 e. The lowest BCUT2D eigenvalue weighted by Crippen LogP contribution is -2.34. The van der Waals surface area contributed by atoms with Gasteiger partial charge in [-0.05, 0) is 84.6 Å². The third-order valence-corrected chi connectivity index (χ3v) is 7.78. The zero-order valence-electron chi connectivity index (χ0n) is 24.6. The van der Waals surface area contributed by atoms with E-state index in [9.17, 15) is 9.59 Å². The van der Waals surface area contributed by atoms with Gasteiger partial charge in [-0.1, -0.05) is 59.9 Å². The Kier molecular flexibility index (Phi) is 8.93. The second-order valence-corrected chi connectivity index (χ2v) is 10.5. The fourth-order valence-corrected chi connectivity index (χ4v) is 5.50. The molecule has 0 bridgehead atoms. The summed E-state index contributed by atoms with van der Waals surface area (Å²) in [7, 11) is 3.25. The summed E-state index contributed by atoms with van der Waals surface area (Å²) in [5.41, 5.74) is 12.5. The van der Waals surface area contributed by atoms with Crippen LogP contribution in [-0.4, -0.2) is 44.0 Å². The fraction of sp³-hybridized carbons (Fsp3) is 0.189. The molecule has 4 aromatic rings. The lowest BCUT2D eigenvalue weighted by Gasteiger charge is -2.28. The minimum Gasteiger partial charge on any atom is -0.493 e. The number of hydrogen-bond donors (Lipinski definition) is 1. The van der Waals surface area contributed by atoms with Crippen LogP contribution in [0.3, 0.4) is 0 Å². The molecular formula is C37H34N2O4. The molecule has 43 heavy (non-hydrogen) atoms. The van der Waals surface area contributed by atoms with E-state index in [1.807, 2.05) is 65.6 Å². The SMILES string of the molecule is COc1ccc(C2=C(C)CCN(C(=O)c3cccc(C(N)=O)c3)CC2c2ccc(C#Cc3ccccc3)cc2)cc1OC. The van der Waals surface area contributed by atoms with Crippen LogP contribution in [0.4, 0.5) is 0 Å². The lowest BCUT2D eigenvalue weighted by atomic mass is 9.83. The van der Waals surface area contributed by atoms with Crippen molar-refractivity contribution in [2.45, 2.75) is 19.3 Å². The van der Waals surface area contributed by atoms with Gasteiger partial charge in [0.1, 0.15) is 0 Å². The van der Waals surface area contributed by atoms with E-state index in [2.05, 4.69) is 30.9 Å². The van der Waals surface area contributed by atoms with Gasteiger partial charge < -0.3 is 20.1 Å². The van der Waals surface area contributed by atoms with Crippen LogP contribution >= 0.6 is 0 Å². The van der Waals surface area contributed by atoms with Crippen molar-refractivity contribution in [3.8, 4) is 23.3 Å². The normalized spacial score (nSPS) is 14.8. The van der Waals surface area contributed by atoms with Gasteiger partial charge in [-0.3, -0.25) is 9.59 Å². The molecule has 1 atom stereocenters. The van der Waals surface area contributed by atoms with Crippen molar-refractivity contribution in [3.63, 3.8) is 0 Å². The van der Waals surface area contributed by atoms with Crippen LogP contribution in [0.15, 0.2) is 103 Å². The van der Waals surface area contributed by atoms with Crippen LogP contribution in [0, 0.1) is 11.8 Å². The molecule has 0 radical (unpaired) electrons. The summed E-state index contributed by atoms with van der Waals surface area (Å²) in [6.45, 7) is 3.12. The number of hydrogen-bond acceptors (Lipinski definition) is 4. The molecule has 0 spiro atoms. The summed E-state index contributed by atoms with van der Waals surface area (Å²) in [6.07, 6.45) is 0.696. The van der Waals surface area contributed by atoms with Crippen LogP contribution < -0.4 is 15.2 Å². The highest BCUT2D eigenvalue weighted by Gasteiger charge is 2.30. The molecular weight excluding hydrogens is 536 g/mol. The van der Waals surface area contributed by atoms with E-state index in [0.717, 1.165) is 27.8 Å². The average molecular weight is 571 g/mol. The molecule has 216 valence electrons. The first-order chi connectivity index (χ1) is 20.9. The highest BCUT2D eigenvalue weighted by atomic mass is 16.5. The Bertz CT molecular complexity index is 1730. The van der Waals surface area contributed by atoms with Gasteiger partial charge in [0.05, 0.1) is 14.2 Å². The van der Waals surface area contributed by atoms with Crippen LogP contribution in [0.5, 0.6) is 11.5 Å². The highest BCUT2D eigenvalue weighted by molar-refractivity contribution is 5.99. The molecule has 6 nitrogen and oxygen atoms in total. The van der Waals surface area contributed by atoms with Crippen LogP contribution in [0.1, 0.15) is 62.2 Å². The summed E-state index contributed by atoms with van der Waals surface area (Å²) in [5, 5.41) is 0. The molecule has 5 rings (SSSR count). The summed E-state index contributed by atoms with van der Waals surface area (Å²) >= 11 is 0. The van der Waals surface area contributed by atoms with Crippen molar-refractivity contribution in [3.05, 3.63) is 136 Å². The van der Waals surface area contributed by atoms with Crippen molar-refractivity contribution in [1.29, 1.82) is 0 Å². The molecule has 0 saturated carbocycles. The molecule has 1 aliphatic rings. The number of nitrogens with two attached hydrogens (primary N) is 1. The molecule has 1 heterocycles. The van der Waals surface area contributed by atoms with Crippen molar-refractivity contribution < 1.29 is 19.1 Å². The predicted molar refractivity (Wildman–Crippen MR) is 169 cm³/mol. The Balaban J connectivity index is 1.54. The summed E-state index contributed by atoms with van der Waals surface area (Å²) in [4.78, 5) is 27.5. The molecule has 1 unspecified atom stereocenters. The average Bonchev–Trinajstić information content (AvgIpc) is 3.22. The molecule has 6 heteroatoms. The second-order valence-electron chi connectivity index (χ2n) is 10.5. The molecule has 0 aliphatic carbocycles. The number of primary amides is 1. The fourth-order valence-electron chi connectivity index (χ4n) is 5.50. The Hall–Kier alpha value is -5.28. The zero-order valence-corrected chi connectivity index (χ0v) is 24.6. The maximum absolute atomic E-state index is 13.8. The minimum absolute atomic E-state index is 0.125. The van der Waals surface area contributed by atoms with Crippen molar-refractivity contribution in [1.82, 2.24) is 4.90 Å². The van der Waals surface area contributed by atoms with Gasteiger partial charge in [-0.15, -0.1) is 0 Å². The first-order valence-corrected chi connectivity index (χ1v) is 14.2. The maximum Gasteiger partial charge on any atom is 0.253 e. The minimum atomic E-state index is -0.563. The maximum atomic E-state index is 13.8. The first kappa shape index (κ1) is 29.2. The number of amides is 2. The molecule has 0 saturated heterocycles. The van der Waals surface area contributed by atoms with E-state index in [0.29, 0.717) is 42.1 Å². The largest absolute Gasteiger partial charge is 0.493 e. The van der Waals surface area contributed by atoms with Gasteiger partial charge in [-0.2, -0.15) is 0 Å². The van der Waals surface area contributed by atoms with E-state index in [1.165, 1.54) is 5.57 Å². The third-order valence-electron chi connectivity index (χ3n) is 7.78. The summed E-state index contributed by atoms with van der Waals surface area (Å²) in [5.74, 6) is 6.94. The molecule has 2 amide bonds. The van der Waals surface area contributed by atoms with Crippen LogP contribution in [0.2, 0.25) is 0 Å².